The molecule has 6 nitrogen and oxygen atoms in total. The van der Waals surface area contributed by atoms with Gasteiger partial charge in [0.05, 0.1) is 6.54 Å². The topological polar surface area (TPSA) is 104 Å². The second-order valence-corrected chi connectivity index (χ2v) is 3.75. The molecule has 1 fully saturated rings. The Kier molecular flexibility index (Phi) is 4.36. The van der Waals surface area contributed by atoms with Crippen LogP contribution in [0, 0.1) is 0 Å². The number of nitrogens with two attached hydrogens (primary N) is 1. The number of urea groups is 1. The maximum absolute atomic E-state index is 11.2. The van der Waals surface area contributed by atoms with Crippen molar-refractivity contribution in [2.24, 2.45) is 5.73 Å². The van der Waals surface area contributed by atoms with Crippen LogP contribution in [0.25, 0.3) is 0 Å². The number of carbonyl (C=O) groups is 2. The third-order valence-electron chi connectivity index (χ3n) is 2.47. The number of hydrogen-bond donors (Lipinski definition) is 4. The Balaban J connectivity index is 2.15. The molecule has 6 heteroatoms. The average molecular weight is 215 g/mol. The van der Waals surface area contributed by atoms with E-state index in [9.17, 15) is 9.59 Å². The number of carbonyl (C=O) groups excluding carboxylic acids is 2. The molecule has 15 heavy (non-hydrogen) atoms. The van der Waals surface area contributed by atoms with Crippen molar-refractivity contribution in [1.29, 1.82) is 0 Å². The van der Waals surface area contributed by atoms with E-state index in [1.807, 2.05) is 0 Å². The van der Waals surface area contributed by atoms with Crippen molar-refractivity contribution in [1.82, 2.24) is 10.6 Å². The van der Waals surface area contributed by atoms with Crippen LogP contribution in [-0.4, -0.2) is 35.7 Å². The fourth-order valence-electron chi connectivity index (χ4n) is 1.60. The van der Waals surface area contributed by atoms with Gasteiger partial charge >= 0.3 is 6.03 Å². The summed E-state index contributed by atoms with van der Waals surface area (Å²) in [5.74, 6) is -0.837. The minimum Gasteiger partial charge on any atom is -0.381 e. The monoisotopic (exact) mass is 215 g/mol. The summed E-state index contributed by atoms with van der Waals surface area (Å²) in [6.45, 7) is -0.145. The fraction of sp³-hybridized carbons (Fsp3) is 0.778. The Bertz CT molecular complexity index is 239. The number of rotatable bonds is 4. The molecule has 1 saturated carbocycles. The quantitative estimate of drug-likeness (QED) is 0.487. The standard InChI is InChI=1S/C9H17N3O3/c10-8(14)7(13)5-11-9(15)12-6-3-1-2-4-6/h6-7,13H,1-5H2,(H2,10,14)(H2,11,12,15). The summed E-state index contributed by atoms with van der Waals surface area (Å²) in [6.07, 6.45) is 2.93. The van der Waals surface area contributed by atoms with E-state index < -0.39 is 12.0 Å². The van der Waals surface area contributed by atoms with E-state index in [0.29, 0.717) is 0 Å². The molecule has 3 amide bonds. The summed E-state index contributed by atoms with van der Waals surface area (Å²) < 4.78 is 0. The molecule has 1 rings (SSSR count). The minimum absolute atomic E-state index is 0.145. The molecule has 1 atom stereocenters. The zero-order valence-corrected chi connectivity index (χ0v) is 8.53. The van der Waals surface area contributed by atoms with Gasteiger partial charge < -0.3 is 21.5 Å². The predicted molar refractivity (Wildman–Crippen MR) is 54.0 cm³/mol. The molecule has 0 heterocycles. The van der Waals surface area contributed by atoms with E-state index in [4.69, 9.17) is 10.8 Å². The number of aliphatic hydroxyl groups is 1. The summed E-state index contributed by atoms with van der Waals surface area (Å²) >= 11 is 0. The van der Waals surface area contributed by atoms with Crippen LogP contribution < -0.4 is 16.4 Å². The van der Waals surface area contributed by atoms with Crippen LogP contribution >= 0.6 is 0 Å². The van der Waals surface area contributed by atoms with Crippen LogP contribution in [0.1, 0.15) is 25.7 Å². The second-order valence-electron chi connectivity index (χ2n) is 3.75. The fourth-order valence-corrected chi connectivity index (χ4v) is 1.60. The van der Waals surface area contributed by atoms with Gasteiger partial charge in [-0.1, -0.05) is 12.8 Å². The van der Waals surface area contributed by atoms with Gasteiger partial charge in [0.25, 0.3) is 0 Å². The van der Waals surface area contributed by atoms with Gasteiger partial charge in [-0.15, -0.1) is 0 Å². The highest BCUT2D eigenvalue weighted by Gasteiger charge is 2.18. The van der Waals surface area contributed by atoms with Gasteiger partial charge in [0.15, 0.2) is 0 Å². The lowest BCUT2D eigenvalue weighted by Crippen LogP contribution is -2.46. The van der Waals surface area contributed by atoms with Gasteiger partial charge in [0, 0.05) is 6.04 Å². The van der Waals surface area contributed by atoms with E-state index >= 15 is 0 Å². The molecule has 0 aromatic rings. The average Bonchev–Trinajstić information content (AvgIpc) is 2.66. The zero-order valence-electron chi connectivity index (χ0n) is 8.53. The Morgan fingerprint density at radius 1 is 1.40 bits per heavy atom. The van der Waals surface area contributed by atoms with Crippen LogP contribution in [0.5, 0.6) is 0 Å². The van der Waals surface area contributed by atoms with Crippen molar-refractivity contribution in [3.05, 3.63) is 0 Å². The smallest absolute Gasteiger partial charge is 0.315 e. The zero-order chi connectivity index (χ0) is 11.3. The van der Waals surface area contributed by atoms with Gasteiger partial charge in [-0.2, -0.15) is 0 Å². The van der Waals surface area contributed by atoms with E-state index in [1.54, 1.807) is 0 Å². The lowest BCUT2D eigenvalue weighted by Gasteiger charge is -2.13. The molecule has 0 radical (unpaired) electrons. The van der Waals surface area contributed by atoms with Crippen LogP contribution in [0.4, 0.5) is 4.79 Å². The molecule has 0 saturated heterocycles. The number of amides is 3. The summed E-state index contributed by atoms with van der Waals surface area (Å²) in [4.78, 5) is 21.7. The number of nitrogens with one attached hydrogen (secondary N) is 2. The maximum atomic E-state index is 11.2. The molecular weight excluding hydrogens is 198 g/mol. The van der Waals surface area contributed by atoms with Gasteiger partial charge in [-0.3, -0.25) is 4.79 Å². The SMILES string of the molecule is NC(=O)C(O)CNC(=O)NC1CCCC1. The van der Waals surface area contributed by atoms with E-state index in [1.165, 1.54) is 0 Å². The molecular formula is C9H17N3O3. The van der Waals surface area contributed by atoms with Crippen molar-refractivity contribution >= 4 is 11.9 Å². The van der Waals surface area contributed by atoms with Crippen LogP contribution in [-0.2, 0) is 4.79 Å². The molecule has 0 aliphatic heterocycles. The largest absolute Gasteiger partial charge is 0.381 e. The summed E-state index contributed by atoms with van der Waals surface area (Å²) in [7, 11) is 0. The Morgan fingerprint density at radius 2 is 2.00 bits per heavy atom. The van der Waals surface area contributed by atoms with E-state index in [0.717, 1.165) is 25.7 Å². The molecule has 1 unspecified atom stereocenters. The van der Waals surface area contributed by atoms with Crippen molar-refractivity contribution < 1.29 is 14.7 Å². The Morgan fingerprint density at radius 3 is 2.53 bits per heavy atom. The summed E-state index contributed by atoms with van der Waals surface area (Å²) in [5, 5.41) is 14.2. The third kappa shape index (κ3) is 4.16. The minimum atomic E-state index is -1.32. The molecule has 0 spiro atoms. The first-order valence-electron chi connectivity index (χ1n) is 5.11. The number of aliphatic hydroxyl groups excluding tert-OH is 1. The van der Waals surface area contributed by atoms with E-state index in [-0.39, 0.29) is 18.6 Å². The van der Waals surface area contributed by atoms with Crippen LogP contribution in [0.2, 0.25) is 0 Å². The first-order chi connectivity index (χ1) is 7.09. The molecule has 1 aliphatic rings. The lowest BCUT2D eigenvalue weighted by molar-refractivity contribution is -0.125. The predicted octanol–water partition coefficient (Wildman–Crippen LogP) is -0.926. The summed E-state index contributed by atoms with van der Waals surface area (Å²) in [5.41, 5.74) is 4.83. The molecule has 1 aliphatic carbocycles. The number of hydrogen-bond acceptors (Lipinski definition) is 3. The highest BCUT2D eigenvalue weighted by molar-refractivity contribution is 5.80. The van der Waals surface area contributed by atoms with Gasteiger partial charge in [0.2, 0.25) is 5.91 Å². The van der Waals surface area contributed by atoms with E-state index in [2.05, 4.69) is 10.6 Å². The second kappa shape index (κ2) is 5.55. The van der Waals surface area contributed by atoms with Crippen molar-refractivity contribution in [3.63, 3.8) is 0 Å². The first-order valence-corrected chi connectivity index (χ1v) is 5.11. The first kappa shape index (κ1) is 11.8. The third-order valence-corrected chi connectivity index (χ3v) is 2.47. The molecule has 5 N–H and O–H groups in total. The molecule has 0 bridgehead atoms. The van der Waals surface area contributed by atoms with Crippen molar-refractivity contribution in [3.8, 4) is 0 Å². The Hall–Kier alpha value is -1.30. The lowest BCUT2D eigenvalue weighted by atomic mass is 10.2. The van der Waals surface area contributed by atoms with Crippen molar-refractivity contribution in [2.45, 2.75) is 37.8 Å². The van der Waals surface area contributed by atoms with Crippen molar-refractivity contribution in [2.75, 3.05) is 6.54 Å². The highest BCUT2D eigenvalue weighted by atomic mass is 16.3. The van der Waals surface area contributed by atoms with Crippen LogP contribution in [0.3, 0.4) is 0 Å². The molecule has 0 aromatic carbocycles. The van der Waals surface area contributed by atoms with Gasteiger partial charge in [-0.05, 0) is 12.8 Å². The summed E-state index contributed by atoms with van der Waals surface area (Å²) in [6, 6.07) is -0.141. The van der Waals surface area contributed by atoms with Gasteiger partial charge in [-0.25, -0.2) is 4.79 Å². The van der Waals surface area contributed by atoms with Gasteiger partial charge in [0.1, 0.15) is 6.10 Å². The molecule has 0 aromatic heterocycles. The highest BCUT2D eigenvalue weighted by Crippen LogP contribution is 2.17. The normalized spacial score (nSPS) is 18.5. The van der Waals surface area contributed by atoms with Crippen LogP contribution in [0.15, 0.2) is 0 Å². The number of primary amides is 1. The maximum Gasteiger partial charge on any atom is 0.315 e. The molecule has 86 valence electrons. The Labute approximate surface area is 88.2 Å².